The molecule has 1 N–H and O–H groups in total. The maximum Gasteiger partial charge on any atom is 0.411 e. The zero-order valence-electron chi connectivity index (χ0n) is 12.3. The Bertz CT molecular complexity index is 578. The zero-order chi connectivity index (χ0) is 16.1. The van der Waals surface area contributed by atoms with E-state index in [-0.39, 0.29) is 19.0 Å². The Kier molecular flexibility index (Phi) is 3.33. The Balaban J connectivity index is 1.59. The van der Waals surface area contributed by atoms with Crippen molar-refractivity contribution in [2.45, 2.75) is 44.3 Å². The first kappa shape index (κ1) is 15.1. The minimum atomic E-state index is -4.46. The van der Waals surface area contributed by atoms with Crippen LogP contribution in [-0.2, 0) is 0 Å². The van der Waals surface area contributed by atoms with E-state index in [2.05, 4.69) is 15.5 Å². The van der Waals surface area contributed by atoms with E-state index in [0.29, 0.717) is 24.6 Å². The highest BCUT2D eigenvalue weighted by Gasteiger charge is 2.60. The summed E-state index contributed by atoms with van der Waals surface area (Å²) in [4.78, 5) is 17.4. The summed E-state index contributed by atoms with van der Waals surface area (Å²) in [5.41, 5.74) is -2.16. The van der Waals surface area contributed by atoms with E-state index in [0.717, 1.165) is 6.92 Å². The second-order valence-electron chi connectivity index (χ2n) is 6.19. The molecule has 0 radical (unpaired) electrons. The number of hydrogen-bond acceptors (Lipinski definition) is 4. The molecule has 1 aliphatic heterocycles. The Morgan fingerprint density at radius 3 is 2.45 bits per heavy atom. The van der Waals surface area contributed by atoms with Gasteiger partial charge in [-0.2, -0.15) is 18.2 Å². The molecule has 1 saturated carbocycles. The van der Waals surface area contributed by atoms with Gasteiger partial charge in [-0.15, -0.1) is 0 Å². The lowest BCUT2D eigenvalue weighted by atomic mass is 9.94. The topological polar surface area (TPSA) is 71.3 Å². The van der Waals surface area contributed by atoms with Gasteiger partial charge in [0.05, 0.1) is 5.92 Å². The van der Waals surface area contributed by atoms with Crippen LogP contribution in [0.1, 0.15) is 37.4 Å². The van der Waals surface area contributed by atoms with Crippen LogP contribution >= 0.6 is 0 Å². The van der Waals surface area contributed by atoms with E-state index in [1.807, 2.05) is 0 Å². The lowest BCUT2D eigenvalue weighted by Crippen LogP contribution is -2.63. The summed E-state index contributed by atoms with van der Waals surface area (Å²) in [6.07, 6.45) is -3.49. The van der Waals surface area contributed by atoms with Crippen LogP contribution in [0.5, 0.6) is 0 Å². The number of rotatable bonds is 3. The van der Waals surface area contributed by atoms with E-state index < -0.39 is 23.7 Å². The molecule has 1 saturated heterocycles. The lowest BCUT2D eigenvalue weighted by molar-refractivity contribution is -0.195. The first-order valence-electron chi connectivity index (χ1n) is 7.14. The Labute approximate surface area is 125 Å². The van der Waals surface area contributed by atoms with Crippen molar-refractivity contribution in [1.29, 1.82) is 0 Å². The molecular formula is C13H17F3N4O2. The summed E-state index contributed by atoms with van der Waals surface area (Å²) in [7, 11) is 0. The second kappa shape index (κ2) is 4.85. The van der Waals surface area contributed by atoms with Gasteiger partial charge in [0.25, 0.3) is 0 Å². The smallest absolute Gasteiger partial charge is 0.339 e. The van der Waals surface area contributed by atoms with Crippen molar-refractivity contribution in [2.24, 2.45) is 5.92 Å². The van der Waals surface area contributed by atoms with Crippen LogP contribution in [0.3, 0.4) is 0 Å². The SMILES string of the molecule is Cc1noc(C2CN(C(=O)NC(C)(C3CC3)C(F)(F)F)C2)n1. The molecule has 2 amide bonds. The Morgan fingerprint density at radius 2 is 2.00 bits per heavy atom. The van der Waals surface area contributed by atoms with Crippen LogP contribution in [0.2, 0.25) is 0 Å². The molecular weight excluding hydrogens is 301 g/mol. The summed E-state index contributed by atoms with van der Waals surface area (Å²) in [6, 6.07) is -0.695. The fourth-order valence-electron chi connectivity index (χ4n) is 2.65. The van der Waals surface area contributed by atoms with Crippen molar-refractivity contribution in [3.63, 3.8) is 0 Å². The van der Waals surface area contributed by atoms with Gasteiger partial charge < -0.3 is 14.7 Å². The monoisotopic (exact) mass is 318 g/mol. The molecule has 122 valence electrons. The van der Waals surface area contributed by atoms with Gasteiger partial charge >= 0.3 is 12.2 Å². The van der Waals surface area contributed by atoms with Crippen LogP contribution in [0.15, 0.2) is 4.52 Å². The fraction of sp³-hybridized carbons (Fsp3) is 0.769. The van der Waals surface area contributed by atoms with E-state index in [1.165, 1.54) is 4.90 Å². The van der Waals surface area contributed by atoms with Crippen LogP contribution in [0.25, 0.3) is 0 Å². The summed E-state index contributed by atoms with van der Waals surface area (Å²) >= 11 is 0. The van der Waals surface area contributed by atoms with Crippen molar-refractivity contribution < 1.29 is 22.5 Å². The predicted molar refractivity (Wildman–Crippen MR) is 69.1 cm³/mol. The van der Waals surface area contributed by atoms with Gasteiger partial charge in [-0.3, -0.25) is 0 Å². The molecule has 22 heavy (non-hydrogen) atoms. The van der Waals surface area contributed by atoms with Gasteiger partial charge in [0.2, 0.25) is 5.89 Å². The van der Waals surface area contributed by atoms with Gasteiger partial charge in [-0.05, 0) is 32.6 Å². The number of nitrogens with one attached hydrogen (secondary N) is 1. The highest BCUT2D eigenvalue weighted by atomic mass is 19.4. The molecule has 0 bridgehead atoms. The molecule has 2 heterocycles. The second-order valence-corrected chi connectivity index (χ2v) is 6.19. The van der Waals surface area contributed by atoms with E-state index in [4.69, 9.17) is 4.52 Å². The van der Waals surface area contributed by atoms with Gasteiger partial charge in [-0.25, -0.2) is 4.79 Å². The zero-order valence-corrected chi connectivity index (χ0v) is 12.3. The first-order valence-corrected chi connectivity index (χ1v) is 7.14. The molecule has 2 aliphatic rings. The average Bonchev–Trinajstić information content (AvgIpc) is 3.10. The van der Waals surface area contributed by atoms with Gasteiger partial charge in [0.15, 0.2) is 5.82 Å². The van der Waals surface area contributed by atoms with E-state index >= 15 is 0 Å². The number of likely N-dealkylation sites (tertiary alicyclic amines) is 1. The number of nitrogens with zero attached hydrogens (tertiary/aromatic N) is 3. The molecule has 1 aromatic heterocycles. The number of halogens is 3. The third kappa shape index (κ3) is 2.52. The molecule has 0 aromatic carbocycles. The van der Waals surface area contributed by atoms with Crippen LogP contribution in [0.4, 0.5) is 18.0 Å². The molecule has 1 atom stereocenters. The molecule has 0 spiro atoms. The van der Waals surface area contributed by atoms with Crippen LogP contribution < -0.4 is 5.32 Å². The third-order valence-electron chi connectivity index (χ3n) is 4.41. The fourth-order valence-corrected chi connectivity index (χ4v) is 2.65. The number of aromatic nitrogens is 2. The van der Waals surface area contributed by atoms with Crippen molar-refractivity contribution in [3.8, 4) is 0 Å². The molecule has 9 heteroatoms. The number of hydrogen-bond donors (Lipinski definition) is 1. The quantitative estimate of drug-likeness (QED) is 0.927. The highest BCUT2D eigenvalue weighted by molar-refractivity contribution is 5.76. The number of alkyl halides is 3. The summed E-state index contributed by atoms with van der Waals surface area (Å²) in [5.74, 6) is 0.274. The minimum Gasteiger partial charge on any atom is -0.339 e. The molecule has 3 rings (SSSR count). The van der Waals surface area contributed by atoms with Crippen LogP contribution in [0, 0.1) is 12.8 Å². The Morgan fingerprint density at radius 1 is 1.36 bits per heavy atom. The van der Waals surface area contributed by atoms with Crippen molar-refractivity contribution in [3.05, 3.63) is 11.7 Å². The molecule has 1 unspecified atom stereocenters. The maximum atomic E-state index is 13.2. The summed E-state index contributed by atoms with van der Waals surface area (Å²) < 4.78 is 44.7. The van der Waals surface area contributed by atoms with Crippen molar-refractivity contribution in [2.75, 3.05) is 13.1 Å². The van der Waals surface area contributed by atoms with E-state index in [9.17, 15) is 18.0 Å². The van der Waals surface area contributed by atoms with Crippen molar-refractivity contribution in [1.82, 2.24) is 20.4 Å². The normalized spacial score (nSPS) is 22.1. The molecule has 1 aromatic rings. The van der Waals surface area contributed by atoms with Crippen LogP contribution in [-0.4, -0.2) is 45.9 Å². The van der Waals surface area contributed by atoms with Crippen molar-refractivity contribution >= 4 is 6.03 Å². The number of amides is 2. The molecule has 6 nitrogen and oxygen atoms in total. The number of urea groups is 1. The maximum absolute atomic E-state index is 13.2. The largest absolute Gasteiger partial charge is 0.411 e. The summed E-state index contributed by atoms with van der Waals surface area (Å²) in [5, 5.41) is 5.83. The number of aryl methyl sites for hydroxylation is 1. The number of carbonyl (C=O) groups excluding carboxylic acids is 1. The van der Waals surface area contributed by atoms with Gasteiger partial charge in [0, 0.05) is 13.1 Å². The Hall–Kier alpha value is -1.80. The average molecular weight is 318 g/mol. The third-order valence-corrected chi connectivity index (χ3v) is 4.41. The molecule has 1 aliphatic carbocycles. The molecule has 2 fully saturated rings. The van der Waals surface area contributed by atoms with Gasteiger partial charge in [-0.1, -0.05) is 5.16 Å². The minimum absolute atomic E-state index is 0.106. The highest BCUT2D eigenvalue weighted by Crippen LogP contribution is 2.48. The van der Waals surface area contributed by atoms with Gasteiger partial charge in [0.1, 0.15) is 5.54 Å². The number of carbonyl (C=O) groups is 1. The summed E-state index contributed by atoms with van der Waals surface area (Å²) in [6.45, 7) is 3.31. The predicted octanol–water partition coefficient (Wildman–Crippen LogP) is 2.22. The standard InChI is InChI=1S/C13H17F3N4O2/c1-7-17-10(22-19-7)8-5-20(6-8)11(21)18-12(2,9-3-4-9)13(14,15)16/h8-9H,3-6H2,1-2H3,(H,18,21). The van der Waals surface area contributed by atoms with E-state index in [1.54, 1.807) is 6.92 Å². The first-order chi connectivity index (χ1) is 10.2. The lowest BCUT2D eigenvalue weighted by Gasteiger charge is -2.41.